The summed E-state index contributed by atoms with van der Waals surface area (Å²) >= 11 is 7.39. The number of thiophene rings is 1. The molecule has 102 valence electrons. The molecule has 2 rings (SSSR count). The van der Waals surface area contributed by atoms with Crippen molar-refractivity contribution in [3.05, 3.63) is 16.7 Å². The number of carbonyl (C=O) groups excluding carboxylic acids is 1. The maximum atomic E-state index is 11.7. The lowest BCUT2D eigenvalue weighted by Gasteiger charge is -2.23. The lowest BCUT2D eigenvalue weighted by Crippen LogP contribution is -2.39. The number of rotatable bonds is 4. The third-order valence-corrected chi connectivity index (χ3v) is 3.81. The van der Waals surface area contributed by atoms with Crippen LogP contribution < -0.4 is 10.6 Å². The maximum absolute atomic E-state index is 11.7. The lowest BCUT2D eigenvalue weighted by molar-refractivity contribution is -0.128. The highest BCUT2D eigenvalue weighted by molar-refractivity contribution is 7.16. The van der Waals surface area contributed by atoms with Gasteiger partial charge in [-0.15, -0.1) is 11.3 Å². The van der Waals surface area contributed by atoms with E-state index in [1.54, 1.807) is 7.05 Å². The third kappa shape index (κ3) is 2.96. The first-order valence-electron chi connectivity index (χ1n) is 5.81. The molecule has 0 aliphatic carbocycles. The minimum atomic E-state index is -0.533. The Bertz CT molecular complexity index is 611. The Morgan fingerprint density at radius 2 is 2.21 bits per heavy atom. The van der Waals surface area contributed by atoms with Crippen LogP contribution in [0, 0.1) is 5.41 Å². The van der Waals surface area contributed by atoms with Gasteiger partial charge in [-0.1, -0.05) is 0 Å². The van der Waals surface area contributed by atoms with Crippen molar-refractivity contribution in [2.75, 3.05) is 18.9 Å². The van der Waals surface area contributed by atoms with Gasteiger partial charge in [0.2, 0.25) is 11.2 Å². The van der Waals surface area contributed by atoms with Gasteiger partial charge in [0.25, 0.3) is 0 Å². The maximum Gasteiger partial charge on any atom is 0.227 e. The van der Waals surface area contributed by atoms with E-state index in [0.717, 1.165) is 10.2 Å². The predicted molar refractivity (Wildman–Crippen MR) is 78.8 cm³/mol. The largest absolute Gasteiger partial charge is 0.368 e. The van der Waals surface area contributed by atoms with Crippen molar-refractivity contribution in [1.29, 1.82) is 0 Å². The summed E-state index contributed by atoms with van der Waals surface area (Å²) in [5.41, 5.74) is -0.533. The fraction of sp³-hybridized carbons (Fsp3) is 0.417. The Hall–Kier alpha value is -1.40. The van der Waals surface area contributed by atoms with E-state index in [1.165, 1.54) is 11.3 Å². The Balaban J connectivity index is 2.22. The Morgan fingerprint density at radius 1 is 1.47 bits per heavy atom. The van der Waals surface area contributed by atoms with Gasteiger partial charge in [0.15, 0.2) is 0 Å². The monoisotopic (exact) mass is 298 g/mol. The second kappa shape index (κ2) is 5.30. The highest BCUT2D eigenvalue weighted by Gasteiger charge is 2.26. The molecule has 19 heavy (non-hydrogen) atoms. The normalized spacial score (nSPS) is 11.6. The fourth-order valence-electron chi connectivity index (χ4n) is 1.69. The van der Waals surface area contributed by atoms with Crippen molar-refractivity contribution in [3.63, 3.8) is 0 Å². The van der Waals surface area contributed by atoms with E-state index in [9.17, 15) is 4.79 Å². The average molecular weight is 299 g/mol. The zero-order valence-electron chi connectivity index (χ0n) is 11.0. The number of nitrogens with zero attached hydrogens (tertiary/aromatic N) is 2. The van der Waals surface area contributed by atoms with Crippen LogP contribution in [0.4, 0.5) is 5.82 Å². The minimum absolute atomic E-state index is 0.0262. The van der Waals surface area contributed by atoms with Gasteiger partial charge in [0.05, 0.1) is 10.8 Å². The molecule has 0 saturated carbocycles. The first-order chi connectivity index (χ1) is 8.94. The van der Waals surface area contributed by atoms with Gasteiger partial charge in [-0.05, 0) is 36.9 Å². The summed E-state index contributed by atoms with van der Waals surface area (Å²) in [7, 11) is 1.63. The predicted octanol–water partition coefficient (Wildman–Crippen LogP) is 2.53. The summed E-state index contributed by atoms with van der Waals surface area (Å²) in [5, 5.41) is 8.89. The van der Waals surface area contributed by atoms with Crippen LogP contribution in [0.15, 0.2) is 11.4 Å². The van der Waals surface area contributed by atoms with Crippen LogP contribution in [-0.2, 0) is 4.79 Å². The van der Waals surface area contributed by atoms with Gasteiger partial charge in [-0.25, -0.2) is 9.97 Å². The lowest BCUT2D eigenvalue weighted by atomic mass is 9.92. The Labute approximate surface area is 120 Å². The van der Waals surface area contributed by atoms with Crippen molar-refractivity contribution < 1.29 is 4.79 Å². The number of halogens is 1. The van der Waals surface area contributed by atoms with Gasteiger partial charge >= 0.3 is 0 Å². The summed E-state index contributed by atoms with van der Waals surface area (Å²) in [5.74, 6) is 0.634. The molecule has 2 aromatic rings. The third-order valence-electron chi connectivity index (χ3n) is 2.84. The molecule has 0 atom stereocenters. The molecule has 0 fully saturated rings. The van der Waals surface area contributed by atoms with Crippen molar-refractivity contribution >= 4 is 44.9 Å². The highest BCUT2D eigenvalue weighted by Crippen LogP contribution is 2.27. The van der Waals surface area contributed by atoms with E-state index in [1.807, 2.05) is 25.3 Å². The zero-order valence-corrected chi connectivity index (χ0v) is 12.5. The number of hydrogen-bond acceptors (Lipinski definition) is 5. The standard InChI is InChI=1S/C12H15ClN4OS/c1-12(2,10(18)14-3)6-15-8-7-4-5-19-9(7)17-11(13)16-8/h4-5H,6H2,1-3H3,(H,14,18)(H,15,16,17). The SMILES string of the molecule is CNC(=O)C(C)(C)CNc1nc(Cl)nc2sccc12. The summed E-state index contributed by atoms with van der Waals surface area (Å²) in [4.78, 5) is 20.9. The Morgan fingerprint density at radius 3 is 2.89 bits per heavy atom. The molecule has 0 radical (unpaired) electrons. The first kappa shape index (κ1) is 14.0. The van der Waals surface area contributed by atoms with Gasteiger partial charge in [-0.3, -0.25) is 4.79 Å². The van der Waals surface area contributed by atoms with Crippen LogP contribution in [-0.4, -0.2) is 29.5 Å². The number of nitrogens with one attached hydrogen (secondary N) is 2. The van der Waals surface area contributed by atoms with Crippen LogP contribution >= 0.6 is 22.9 Å². The molecule has 0 saturated heterocycles. The second-order valence-corrected chi connectivity index (χ2v) is 6.03. The van der Waals surface area contributed by atoms with Gasteiger partial charge in [0.1, 0.15) is 10.6 Å². The van der Waals surface area contributed by atoms with E-state index >= 15 is 0 Å². The Kier molecular flexibility index (Phi) is 3.91. The van der Waals surface area contributed by atoms with Crippen LogP contribution in [0.25, 0.3) is 10.2 Å². The number of anilines is 1. The summed E-state index contributed by atoms with van der Waals surface area (Å²) in [6.45, 7) is 4.20. The van der Waals surface area contributed by atoms with Crippen LogP contribution in [0.3, 0.4) is 0 Å². The van der Waals surface area contributed by atoms with Gasteiger partial charge in [-0.2, -0.15) is 0 Å². The number of amides is 1. The molecule has 1 amide bonds. The number of aromatic nitrogens is 2. The van der Waals surface area contributed by atoms with E-state index in [-0.39, 0.29) is 11.2 Å². The molecule has 2 heterocycles. The molecular formula is C12H15ClN4OS. The molecule has 0 aliphatic rings. The highest BCUT2D eigenvalue weighted by atomic mass is 35.5. The van der Waals surface area contributed by atoms with Crippen molar-refractivity contribution in [2.45, 2.75) is 13.8 Å². The summed E-state index contributed by atoms with van der Waals surface area (Å²) in [6.07, 6.45) is 0. The van der Waals surface area contributed by atoms with Crippen LogP contribution in [0.1, 0.15) is 13.8 Å². The molecule has 0 spiro atoms. The minimum Gasteiger partial charge on any atom is -0.368 e. The number of fused-ring (bicyclic) bond motifs is 1. The summed E-state index contributed by atoms with van der Waals surface area (Å²) in [6, 6.07) is 1.94. The molecule has 2 N–H and O–H groups in total. The van der Waals surface area contributed by atoms with E-state index in [4.69, 9.17) is 11.6 Å². The molecule has 7 heteroatoms. The molecule has 2 aromatic heterocycles. The van der Waals surface area contributed by atoms with E-state index < -0.39 is 5.41 Å². The van der Waals surface area contributed by atoms with Gasteiger partial charge < -0.3 is 10.6 Å². The zero-order chi connectivity index (χ0) is 14.0. The molecule has 0 unspecified atom stereocenters. The molecule has 0 bridgehead atoms. The van der Waals surface area contributed by atoms with Crippen LogP contribution in [0.5, 0.6) is 0 Å². The van der Waals surface area contributed by atoms with Crippen molar-refractivity contribution in [2.24, 2.45) is 5.41 Å². The molecular weight excluding hydrogens is 284 g/mol. The van der Waals surface area contributed by atoms with Crippen LogP contribution in [0.2, 0.25) is 5.28 Å². The number of carbonyl (C=O) groups is 1. The van der Waals surface area contributed by atoms with E-state index in [2.05, 4.69) is 20.6 Å². The molecule has 5 nitrogen and oxygen atoms in total. The van der Waals surface area contributed by atoms with E-state index in [0.29, 0.717) is 12.4 Å². The first-order valence-corrected chi connectivity index (χ1v) is 7.06. The second-order valence-electron chi connectivity index (χ2n) is 4.80. The molecule has 0 aliphatic heterocycles. The smallest absolute Gasteiger partial charge is 0.227 e. The summed E-state index contributed by atoms with van der Waals surface area (Å²) < 4.78 is 0. The topological polar surface area (TPSA) is 66.9 Å². The number of hydrogen-bond donors (Lipinski definition) is 2. The quantitative estimate of drug-likeness (QED) is 0.851. The van der Waals surface area contributed by atoms with Crippen molar-refractivity contribution in [1.82, 2.24) is 15.3 Å². The average Bonchev–Trinajstić information content (AvgIpc) is 2.82. The van der Waals surface area contributed by atoms with Gasteiger partial charge in [0, 0.05) is 13.6 Å². The van der Waals surface area contributed by atoms with Crippen molar-refractivity contribution in [3.8, 4) is 0 Å². The fourth-order valence-corrected chi connectivity index (χ4v) is 2.67. The molecule has 0 aromatic carbocycles.